The molecule has 0 radical (unpaired) electrons. The van der Waals surface area contributed by atoms with Crippen LogP contribution in [0.25, 0.3) is 0 Å². The van der Waals surface area contributed by atoms with E-state index in [9.17, 15) is 0 Å². The molecule has 7 heteroatoms. The molecule has 0 bridgehead atoms. The van der Waals surface area contributed by atoms with Crippen LogP contribution in [0, 0.1) is 11.8 Å². The number of nitrogens with one attached hydrogen (secondary N) is 1. The minimum Gasteiger partial charge on any atom is -0.352 e. The van der Waals surface area contributed by atoms with Crippen molar-refractivity contribution in [2.75, 3.05) is 33.2 Å². The van der Waals surface area contributed by atoms with Gasteiger partial charge in [0, 0.05) is 65.5 Å². The SMILES string of the molecule is CN=C(NCc1ccccc1CN1CC(C)CC(C)C1)N1CCC(c2cnn(C)c2)C1.I. The molecule has 2 aliphatic rings. The second-order valence-electron chi connectivity index (χ2n) is 9.69. The van der Waals surface area contributed by atoms with E-state index in [1.54, 1.807) is 0 Å². The predicted octanol–water partition coefficient (Wildman–Crippen LogP) is 4.08. The molecule has 2 aromatic rings. The van der Waals surface area contributed by atoms with Gasteiger partial charge in [-0.25, -0.2) is 0 Å². The van der Waals surface area contributed by atoms with Crippen molar-refractivity contribution in [3.05, 3.63) is 53.3 Å². The fourth-order valence-electron chi connectivity index (χ4n) is 5.43. The highest BCUT2D eigenvalue weighted by atomic mass is 127. The van der Waals surface area contributed by atoms with Crippen LogP contribution in [0.5, 0.6) is 0 Å². The summed E-state index contributed by atoms with van der Waals surface area (Å²) in [5.41, 5.74) is 4.13. The summed E-state index contributed by atoms with van der Waals surface area (Å²) < 4.78 is 1.89. The molecule has 176 valence electrons. The Morgan fingerprint density at radius 3 is 2.50 bits per heavy atom. The van der Waals surface area contributed by atoms with E-state index >= 15 is 0 Å². The Morgan fingerprint density at radius 2 is 1.84 bits per heavy atom. The third-order valence-corrected chi connectivity index (χ3v) is 6.79. The lowest BCUT2D eigenvalue weighted by atomic mass is 9.91. The molecule has 1 aromatic heterocycles. The van der Waals surface area contributed by atoms with Gasteiger partial charge in [0.15, 0.2) is 5.96 Å². The summed E-state index contributed by atoms with van der Waals surface area (Å²) in [4.78, 5) is 9.60. The molecule has 0 aliphatic carbocycles. The van der Waals surface area contributed by atoms with Gasteiger partial charge in [-0.2, -0.15) is 5.10 Å². The number of piperidine rings is 1. The highest BCUT2D eigenvalue weighted by molar-refractivity contribution is 14.0. The molecule has 0 saturated carbocycles. The molecule has 4 rings (SSSR count). The lowest BCUT2D eigenvalue weighted by Gasteiger charge is -2.35. The van der Waals surface area contributed by atoms with E-state index in [2.05, 4.69) is 69.5 Å². The van der Waals surface area contributed by atoms with E-state index < -0.39 is 0 Å². The number of likely N-dealkylation sites (tertiary alicyclic amines) is 2. The second kappa shape index (κ2) is 11.5. The molecule has 3 atom stereocenters. The summed E-state index contributed by atoms with van der Waals surface area (Å²) in [6.45, 7) is 11.1. The van der Waals surface area contributed by atoms with E-state index in [1.807, 2.05) is 25.0 Å². The van der Waals surface area contributed by atoms with Crippen LogP contribution < -0.4 is 5.32 Å². The lowest BCUT2D eigenvalue weighted by Crippen LogP contribution is -2.40. The van der Waals surface area contributed by atoms with Gasteiger partial charge in [0.1, 0.15) is 0 Å². The highest BCUT2D eigenvalue weighted by Gasteiger charge is 2.27. The molecule has 3 heterocycles. The number of benzene rings is 1. The van der Waals surface area contributed by atoms with E-state index in [-0.39, 0.29) is 24.0 Å². The molecule has 1 N–H and O–H groups in total. The molecular weight excluding hydrogens is 511 g/mol. The summed E-state index contributed by atoms with van der Waals surface area (Å²) in [5.74, 6) is 3.11. The normalized spacial score (nSPS) is 24.4. The zero-order chi connectivity index (χ0) is 21.8. The summed E-state index contributed by atoms with van der Waals surface area (Å²) in [6, 6.07) is 8.87. The van der Waals surface area contributed by atoms with Crippen LogP contribution in [0.2, 0.25) is 0 Å². The first-order valence-electron chi connectivity index (χ1n) is 11.7. The van der Waals surface area contributed by atoms with E-state index in [0.717, 1.165) is 50.4 Å². The molecule has 3 unspecified atom stereocenters. The molecule has 2 saturated heterocycles. The van der Waals surface area contributed by atoms with Crippen molar-refractivity contribution in [1.29, 1.82) is 0 Å². The molecule has 0 spiro atoms. The first-order chi connectivity index (χ1) is 15.0. The predicted molar refractivity (Wildman–Crippen MR) is 142 cm³/mol. The molecule has 0 amide bonds. The molecular formula is C25H39IN6. The van der Waals surface area contributed by atoms with Gasteiger partial charge in [0.05, 0.1) is 6.20 Å². The number of nitrogens with zero attached hydrogens (tertiary/aromatic N) is 5. The van der Waals surface area contributed by atoms with Crippen LogP contribution in [0.3, 0.4) is 0 Å². The Labute approximate surface area is 210 Å². The third-order valence-electron chi connectivity index (χ3n) is 6.79. The van der Waals surface area contributed by atoms with Crippen molar-refractivity contribution in [1.82, 2.24) is 24.9 Å². The molecule has 2 fully saturated rings. The number of halogens is 1. The fraction of sp³-hybridized carbons (Fsp3) is 0.600. The Bertz CT molecular complexity index is 884. The molecule has 2 aliphatic heterocycles. The average molecular weight is 551 g/mol. The van der Waals surface area contributed by atoms with Gasteiger partial charge < -0.3 is 10.2 Å². The van der Waals surface area contributed by atoms with Crippen molar-refractivity contribution in [2.45, 2.75) is 45.7 Å². The number of aliphatic imine (C=N–C) groups is 1. The maximum absolute atomic E-state index is 4.58. The van der Waals surface area contributed by atoms with Gasteiger partial charge in [-0.05, 0) is 41.4 Å². The zero-order valence-electron chi connectivity index (χ0n) is 20.0. The number of hydrogen-bond acceptors (Lipinski definition) is 3. The van der Waals surface area contributed by atoms with E-state index in [1.165, 1.54) is 36.2 Å². The quantitative estimate of drug-likeness (QED) is 0.347. The van der Waals surface area contributed by atoms with Crippen molar-refractivity contribution in [3.63, 3.8) is 0 Å². The Hall–Kier alpha value is -1.61. The highest BCUT2D eigenvalue weighted by Crippen LogP contribution is 2.27. The first kappa shape index (κ1) is 25.0. The topological polar surface area (TPSA) is 48.7 Å². The molecule has 1 aromatic carbocycles. The Kier molecular flexibility index (Phi) is 8.99. The fourth-order valence-corrected chi connectivity index (χ4v) is 5.43. The van der Waals surface area contributed by atoms with Crippen molar-refractivity contribution >= 4 is 29.9 Å². The second-order valence-corrected chi connectivity index (χ2v) is 9.69. The van der Waals surface area contributed by atoms with Gasteiger partial charge in [0.2, 0.25) is 0 Å². The van der Waals surface area contributed by atoms with Crippen molar-refractivity contribution in [2.24, 2.45) is 23.9 Å². The van der Waals surface area contributed by atoms with Crippen LogP contribution in [-0.2, 0) is 20.1 Å². The molecule has 6 nitrogen and oxygen atoms in total. The van der Waals surface area contributed by atoms with E-state index in [0.29, 0.717) is 5.92 Å². The number of guanidine groups is 1. The third kappa shape index (κ3) is 6.25. The van der Waals surface area contributed by atoms with Crippen LogP contribution in [0.1, 0.15) is 49.3 Å². The summed E-state index contributed by atoms with van der Waals surface area (Å²) in [7, 11) is 3.88. The Balaban J connectivity index is 0.00000289. The lowest BCUT2D eigenvalue weighted by molar-refractivity contribution is 0.134. The van der Waals surface area contributed by atoms with Crippen molar-refractivity contribution < 1.29 is 0 Å². The van der Waals surface area contributed by atoms with Crippen molar-refractivity contribution in [3.8, 4) is 0 Å². The molecule has 32 heavy (non-hydrogen) atoms. The van der Waals surface area contributed by atoms with Crippen LogP contribution >= 0.6 is 24.0 Å². The largest absolute Gasteiger partial charge is 0.352 e. The Morgan fingerprint density at radius 1 is 1.12 bits per heavy atom. The average Bonchev–Trinajstić information content (AvgIpc) is 3.38. The zero-order valence-corrected chi connectivity index (χ0v) is 22.3. The monoisotopic (exact) mass is 550 g/mol. The maximum atomic E-state index is 4.58. The first-order valence-corrected chi connectivity index (χ1v) is 11.7. The number of aromatic nitrogens is 2. The summed E-state index contributed by atoms with van der Waals surface area (Å²) in [6.07, 6.45) is 6.64. The van der Waals surface area contributed by atoms with Gasteiger partial charge in [-0.1, -0.05) is 38.1 Å². The van der Waals surface area contributed by atoms with E-state index in [4.69, 9.17) is 0 Å². The van der Waals surface area contributed by atoms with Gasteiger partial charge >= 0.3 is 0 Å². The standard InChI is InChI=1S/C25H38N6.HI/c1-19-11-20(2)15-30(14-19)17-22-8-6-5-7-21(22)12-27-25(26-3)31-10-9-23(18-31)24-13-28-29(4)16-24;/h5-8,13,16,19-20,23H,9-12,14-15,17-18H2,1-4H3,(H,26,27);1H. The van der Waals surface area contributed by atoms with Gasteiger partial charge in [0.25, 0.3) is 0 Å². The number of aryl methyl sites for hydroxylation is 1. The smallest absolute Gasteiger partial charge is 0.193 e. The maximum Gasteiger partial charge on any atom is 0.193 e. The van der Waals surface area contributed by atoms with Crippen LogP contribution in [0.4, 0.5) is 0 Å². The number of rotatable bonds is 5. The minimum absolute atomic E-state index is 0. The van der Waals surface area contributed by atoms with Crippen LogP contribution in [0.15, 0.2) is 41.7 Å². The minimum atomic E-state index is 0. The van der Waals surface area contributed by atoms with Crippen LogP contribution in [-0.4, -0.2) is 58.8 Å². The van der Waals surface area contributed by atoms with Gasteiger partial charge in [-0.15, -0.1) is 24.0 Å². The number of hydrogen-bond donors (Lipinski definition) is 1. The summed E-state index contributed by atoms with van der Waals surface area (Å²) >= 11 is 0. The van der Waals surface area contributed by atoms with Gasteiger partial charge in [-0.3, -0.25) is 14.6 Å². The summed E-state index contributed by atoms with van der Waals surface area (Å²) in [5, 5.41) is 7.98.